The zero-order chi connectivity index (χ0) is 17.0. The first kappa shape index (κ1) is 17.7. The van der Waals surface area contributed by atoms with Crippen LogP contribution in [0.15, 0.2) is 4.79 Å². The van der Waals surface area contributed by atoms with E-state index >= 15 is 0 Å². The highest BCUT2D eigenvalue weighted by Gasteiger charge is 2.26. The maximum absolute atomic E-state index is 13.0. The van der Waals surface area contributed by atoms with Gasteiger partial charge in [-0.25, -0.2) is 4.68 Å². The first-order chi connectivity index (χ1) is 11.0. The Hall–Kier alpha value is -1.69. The molecule has 128 valence electrons. The van der Waals surface area contributed by atoms with Crippen LogP contribution >= 0.6 is 0 Å². The third-order valence-corrected chi connectivity index (χ3v) is 4.42. The Morgan fingerprint density at radius 1 is 1.39 bits per heavy atom. The fourth-order valence-electron chi connectivity index (χ4n) is 3.00. The van der Waals surface area contributed by atoms with Crippen molar-refractivity contribution in [3.63, 3.8) is 0 Å². The SMILES string of the molecule is CCCN(C[C@H]1CCCCO1)C(=O)c1c(C)c(C)nn(C)c1=O. The summed E-state index contributed by atoms with van der Waals surface area (Å²) in [5, 5.41) is 4.15. The van der Waals surface area contributed by atoms with Crippen molar-refractivity contribution in [3.05, 3.63) is 27.2 Å². The molecular weight excluding hydrogens is 294 g/mol. The van der Waals surface area contributed by atoms with Gasteiger partial charge in [0.15, 0.2) is 0 Å². The van der Waals surface area contributed by atoms with E-state index in [1.54, 1.807) is 18.9 Å². The monoisotopic (exact) mass is 321 g/mol. The van der Waals surface area contributed by atoms with Gasteiger partial charge in [0.1, 0.15) is 5.56 Å². The van der Waals surface area contributed by atoms with Crippen molar-refractivity contribution in [3.8, 4) is 0 Å². The van der Waals surface area contributed by atoms with E-state index in [1.165, 1.54) is 4.68 Å². The predicted molar refractivity (Wildman–Crippen MR) is 88.7 cm³/mol. The van der Waals surface area contributed by atoms with Crippen LogP contribution < -0.4 is 5.56 Å². The van der Waals surface area contributed by atoms with Gasteiger partial charge in [0, 0.05) is 26.7 Å². The molecule has 0 unspecified atom stereocenters. The summed E-state index contributed by atoms with van der Waals surface area (Å²) in [4.78, 5) is 27.2. The molecule has 0 bridgehead atoms. The number of ether oxygens (including phenoxy) is 1. The molecule has 0 radical (unpaired) electrons. The number of rotatable bonds is 5. The van der Waals surface area contributed by atoms with Crippen LogP contribution in [-0.2, 0) is 11.8 Å². The van der Waals surface area contributed by atoms with Crippen LogP contribution in [0.5, 0.6) is 0 Å². The molecule has 1 aromatic rings. The van der Waals surface area contributed by atoms with Crippen LogP contribution in [0.4, 0.5) is 0 Å². The van der Waals surface area contributed by atoms with Crippen LogP contribution in [0.1, 0.15) is 54.2 Å². The first-order valence-electron chi connectivity index (χ1n) is 8.41. The summed E-state index contributed by atoms with van der Waals surface area (Å²) >= 11 is 0. The van der Waals surface area contributed by atoms with Crippen molar-refractivity contribution in [2.24, 2.45) is 7.05 Å². The summed E-state index contributed by atoms with van der Waals surface area (Å²) in [5.41, 5.74) is 1.29. The minimum Gasteiger partial charge on any atom is -0.376 e. The van der Waals surface area contributed by atoms with Gasteiger partial charge in [0.05, 0.1) is 11.8 Å². The highest BCUT2D eigenvalue weighted by atomic mass is 16.5. The third kappa shape index (κ3) is 3.99. The fourth-order valence-corrected chi connectivity index (χ4v) is 3.00. The zero-order valence-electron chi connectivity index (χ0n) is 14.6. The van der Waals surface area contributed by atoms with Gasteiger partial charge in [0.2, 0.25) is 0 Å². The van der Waals surface area contributed by atoms with Crippen molar-refractivity contribution in [1.29, 1.82) is 0 Å². The lowest BCUT2D eigenvalue weighted by Crippen LogP contribution is -2.43. The average Bonchev–Trinajstić information content (AvgIpc) is 2.54. The van der Waals surface area contributed by atoms with Gasteiger partial charge in [0.25, 0.3) is 11.5 Å². The Kier molecular flexibility index (Phi) is 5.93. The summed E-state index contributed by atoms with van der Waals surface area (Å²) in [6.45, 7) is 7.58. The van der Waals surface area contributed by atoms with Gasteiger partial charge in [-0.15, -0.1) is 0 Å². The summed E-state index contributed by atoms with van der Waals surface area (Å²) in [6.07, 6.45) is 4.11. The molecule has 1 aliphatic rings. The van der Waals surface area contributed by atoms with E-state index in [-0.39, 0.29) is 23.1 Å². The molecule has 6 nitrogen and oxygen atoms in total. The predicted octanol–water partition coefficient (Wildman–Crippen LogP) is 1.82. The normalized spacial score (nSPS) is 18.0. The summed E-state index contributed by atoms with van der Waals surface area (Å²) in [7, 11) is 1.58. The molecule has 1 saturated heterocycles. The number of hydrogen-bond acceptors (Lipinski definition) is 4. The van der Waals surface area contributed by atoms with E-state index in [2.05, 4.69) is 5.10 Å². The van der Waals surface area contributed by atoms with Gasteiger partial charge in [-0.3, -0.25) is 9.59 Å². The molecule has 0 N–H and O–H groups in total. The molecule has 1 fully saturated rings. The van der Waals surface area contributed by atoms with Gasteiger partial charge in [-0.1, -0.05) is 6.92 Å². The second-order valence-corrected chi connectivity index (χ2v) is 6.25. The molecule has 0 spiro atoms. The Morgan fingerprint density at radius 3 is 2.74 bits per heavy atom. The molecule has 1 aliphatic heterocycles. The van der Waals surface area contributed by atoms with Crippen molar-refractivity contribution in [2.45, 2.75) is 52.6 Å². The third-order valence-electron chi connectivity index (χ3n) is 4.42. The number of aryl methyl sites for hydroxylation is 2. The summed E-state index contributed by atoms with van der Waals surface area (Å²) in [5.74, 6) is -0.204. The molecule has 1 amide bonds. The second kappa shape index (κ2) is 7.73. The number of carbonyl (C=O) groups excluding carboxylic acids is 1. The summed E-state index contributed by atoms with van der Waals surface area (Å²) < 4.78 is 7.01. The minimum absolute atomic E-state index is 0.0753. The second-order valence-electron chi connectivity index (χ2n) is 6.25. The number of carbonyl (C=O) groups is 1. The quantitative estimate of drug-likeness (QED) is 0.830. The lowest BCUT2D eigenvalue weighted by Gasteiger charge is -2.30. The van der Waals surface area contributed by atoms with Crippen molar-refractivity contribution >= 4 is 5.91 Å². The lowest BCUT2D eigenvalue weighted by molar-refractivity contribution is -0.00391. The lowest BCUT2D eigenvalue weighted by atomic mass is 10.1. The Bertz CT molecular complexity index is 618. The molecular formula is C17H27N3O3. The fraction of sp³-hybridized carbons (Fsp3) is 0.706. The zero-order valence-corrected chi connectivity index (χ0v) is 14.6. The number of hydrogen-bond donors (Lipinski definition) is 0. The van der Waals surface area contributed by atoms with E-state index in [0.717, 1.165) is 32.3 Å². The van der Waals surface area contributed by atoms with Gasteiger partial charge >= 0.3 is 0 Å². The van der Waals surface area contributed by atoms with Crippen LogP contribution in [0.2, 0.25) is 0 Å². The molecule has 0 aromatic carbocycles. The maximum Gasteiger partial charge on any atom is 0.279 e. The maximum atomic E-state index is 13.0. The Balaban J connectivity index is 2.29. The number of aromatic nitrogens is 2. The largest absolute Gasteiger partial charge is 0.376 e. The topological polar surface area (TPSA) is 64.4 Å². The molecule has 2 rings (SSSR count). The average molecular weight is 321 g/mol. The summed E-state index contributed by atoms with van der Waals surface area (Å²) in [6, 6.07) is 0. The molecule has 1 aromatic heterocycles. The van der Waals surface area contributed by atoms with E-state index < -0.39 is 0 Å². The first-order valence-corrected chi connectivity index (χ1v) is 8.41. The van der Waals surface area contributed by atoms with Crippen LogP contribution in [0.3, 0.4) is 0 Å². The number of nitrogens with zero attached hydrogens (tertiary/aromatic N) is 3. The van der Waals surface area contributed by atoms with Gasteiger partial charge in [-0.2, -0.15) is 5.10 Å². The van der Waals surface area contributed by atoms with E-state index in [0.29, 0.717) is 24.3 Å². The Morgan fingerprint density at radius 2 is 2.13 bits per heavy atom. The highest BCUT2D eigenvalue weighted by molar-refractivity contribution is 5.95. The molecule has 0 aliphatic carbocycles. The van der Waals surface area contributed by atoms with Crippen LogP contribution in [0, 0.1) is 13.8 Å². The minimum atomic E-state index is -0.330. The smallest absolute Gasteiger partial charge is 0.279 e. The molecule has 6 heteroatoms. The van der Waals surface area contributed by atoms with Crippen molar-refractivity contribution in [2.75, 3.05) is 19.7 Å². The molecule has 1 atom stereocenters. The van der Waals surface area contributed by atoms with Crippen LogP contribution in [-0.4, -0.2) is 46.4 Å². The van der Waals surface area contributed by atoms with Crippen molar-refractivity contribution in [1.82, 2.24) is 14.7 Å². The standard InChI is InChI=1S/C17H27N3O3/c1-5-9-20(11-14-8-6-7-10-23-14)17(22)15-12(2)13(3)18-19(4)16(15)21/h14H,5-11H2,1-4H3/t14-/m1/s1. The molecule has 0 saturated carbocycles. The highest BCUT2D eigenvalue weighted by Crippen LogP contribution is 2.16. The molecule has 2 heterocycles. The van der Waals surface area contributed by atoms with Crippen molar-refractivity contribution < 1.29 is 9.53 Å². The Labute approximate surface area is 137 Å². The van der Waals surface area contributed by atoms with Gasteiger partial charge in [-0.05, 0) is 45.1 Å². The van der Waals surface area contributed by atoms with E-state index in [1.807, 2.05) is 13.8 Å². The number of amides is 1. The van der Waals surface area contributed by atoms with Gasteiger partial charge < -0.3 is 9.64 Å². The van der Waals surface area contributed by atoms with E-state index in [9.17, 15) is 9.59 Å². The molecule has 23 heavy (non-hydrogen) atoms. The van der Waals surface area contributed by atoms with Crippen LogP contribution in [0.25, 0.3) is 0 Å². The van der Waals surface area contributed by atoms with E-state index in [4.69, 9.17) is 4.74 Å².